The van der Waals surface area contributed by atoms with Crippen molar-refractivity contribution in [1.82, 2.24) is 9.88 Å². The molecule has 132 valence electrons. The maximum atomic E-state index is 12.4. The first kappa shape index (κ1) is 17.3. The largest absolute Gasteiger partial charge is 0.356 e. The Hall–Kier alpha value is -2.56. The van der Waals surface area contributed by atoms with E-state index in [2.05, 4.69) is 16.8 Å². The molecule has 0 saturated carbocycles. The van der Waals surface area contributed by atoms with Crippen molar-refractivity contribution in [1.29, 1.82) is 0 Å². The third-order valence-corrected chi connectivity index (χ3v) is 4.86. The quantitative estimate of drug-likeness (QED) is 0.823. The zero-order valence-corrected chi connectivity index (χ0v) is 14.9. The molecule has 1 aliphatic heterocycles. The fraction of sp³-hybridized carbons (Fsp3) is 0.400. The van der Waals surface area contributed by atoms with Gasteiger partial charge in [-0.25, -0.2) is 0 Å². The molecule has 0 aliphatic carbocycles. The molecule has 1 saturated heterocycles. The molecule has 1 fully saturated rings. The van der Waals surface area contributed by atoms with E-state index in [1.807, 2.05) is 49.6 Å². The highest BCUT2D eigenvalue weighted by atomic mass is 16.2. The van der Waals surface area contributed by atoms with Crippen LogP contribution in [0.4, 0.5) is 5.69 Å². The molecule has 5 nitrogen and oxygen atoms in total. The molecule has 2 aromatic rings. The number of nitrogens with zero attached hydrogens (tertiary/aromatic N) is 2. The highest BCUT2D eigenvalue weighted by Crippen LogP contribution is 2.26. The first-order chi connectivity index (χ1) is 12.0. The van der Waals surface area contributed by atoms with Gasteiger partial charge in [0.05, 0.1) is 5.92 Å². The van der Waals surface area contributed by atoms with Crippen LogP contribution in [0.2, 0.25) is 0 Å². The molecular weight excluding hydrogens is 314 g/mol. The summed E-state index contributed by atoms with van der Waals surface area (Å²) in [5.41, 5.74) is 3.24. The van der Waals surface area contributed by atoms with Gasteiger partial charge in [-0.3, -0.25) is 9.59 Å². The van der Waals surface area contributed by atoms with Crippen molar-refractivity contribution in [2.75, 3.05) is 18.0 Å². The number of benzene rings is 1. The van der Waals surface area contributed by atoms with Gasteiger partial charge in [0.15, 0.2) is 0 Å². The Labute approximate surface area is 148 Å². The molecule has 3 rings (SSSR count). The van der Waals surface area contributed by atoms with Crippen molar-refractivity contribution < 1.29 is 9.59 Å². The lowest BCUT2D eigenvalue weighted by Gasteiger charge is -2.18. The van der Waals surface area contributed by atoms with E-state index in [1.165, 1.54) is 5.56 Å². The van der Waals surface area contributed by atoms with E-state index in [0.29, 0.717) is 13.1 Å². The Bertz CT molecular complexity index is 752. The minimum atomic E-state index is -0.263. The van der Waals surface area contributed by atoms with Crippen LogP contribution >= 0.6 is 0 Å². The molecule has 25 heavy (non-hydrogen) atoms. The number of aromatic nitrogens is 1. The van der Waals surface area contributed by atoms with Crippen LogP contribution in [-0.2, 0) is 16.1 Å². The van der Waals surface area contributed by atoms with E-state index in [0.717, 1.165) is 24.2 Å². The first-order valence-corrected chi connectivity index (χ1v) is 8.80. The van der Waals surface area contributed by atoms with Crippen molar-refractivity contribution in [3.63, 3.8) is 0 Å². The SMILES string of the molecule is Cc1ccc(N2CC(C(=O)NCCCn3cccc3)CC2=O)cc1C. The number of amides is 2. The molecule has 1 aromatic heterocycles. The first-order valence-electron chi connectivity index (χ1n) is 8.80. The number of aryl methyl sites for hydroxylation is 3. The highest BCUT2D eigenvalue weighted by molar-refractivity contribution is 6.00. The van der Waals surface area contributed by atoms with Gasteiger partial charge in [-0.05, 0) is 55.7 Å². The van der Waals surface area contributed by atoms with Crippen LogP contribution < -0.4 is 10.2 Å². The van der Waals surface area contributed by atoms with E-state index in [9.17, 15) is 9.59 Å². The summed E-state index contributed by atoms with van der Waals surface area (Å²) in [6.45, 7) is 6.06. The van der Waals surface area contributed by atoms with Crippen molar-refractivity contribution in [3.8, 4) is 0 Å². The van der Waals surface area contributed by atoms with Gasteiger partial charge >= 0.3 is 0 Å². The molecule has 1 aliphatic rings. The maximum absolute atomic E-state index is 12.4. The molecule has 0 bridgehead atoms. The summed E-state index contributed by atoms with van der Waals surface area (Å²) >= 11 is 0. The molecule has 1 unspecified atom stereocenters. The monoisotopic (exact) mass is 339 g/mol. The van der Waals surface area contributed by atoms with E-state index in [1.54, 1.807) is 4.90 Å². The van der Waals surface area contributed by atoms with E-state index in [-0.39, 0.29) is 24.2 Å². The number of carbonyl (C=O) groups is 2. The molecule has 2 heterocycles. The van der Waals surface area contributed by atoms with Crippen molar-refractivity contribution in [2.45, 2.75) is 33.2 Å². The van der Waals surface area contributed by atoms with Crippen LogP contribution in [-0.4, -0.2) is 29.5 Å². The number of hydrogen-bond donors (Lipinski definition) is 1. The molecular formula is C20H25N3O2. The maximum Gasteiger partial charge on any atom is 0.227 e. The molecule has 1 N–H and O–H groups in total. The van der Waals surface area contributed by atoms with Gasteiger partial charge in [0.2, 0.25) is 11.8 Å². The smallest absolute Gasteiger partial charge is 0.227 e. The number of hydrogen-bond acceptors (Lipinski definition) is 2. The Morgan fingerprint density at radius 1 is 1.20 bits per heavy atom. The molecule has 1 aromatic carbocycles. The molecule has 0 radical (unpaired) electrons. The summed E-state index contributed by atoms with van der Waals surface area (Å²) in [6, 6.07) is 9.98. The number of carbonyl (C=O) groups excluding carboxylic acids is 2. The van der Waals surface area contributed by atoms with Gasteiger partial charge in [0, 0.05) is 44.1 Å². The minimum absolute atomic E-state index is 0.0211. The average molecular weight is 339 g/mol. The summed E-state index contributed by atoms with van der Waals surface area (Å²) in [5.74, 6) is -0.261. The Morgan fingerprint density at radius 3 is 2.68 bits per heavy atom. The Balaban J connectivity index is 1.51. The highest BCUT2D eigenvalue weighted by Gasteiger charge is 2.34. The lowest BCUT2D eigenvalue weighted by Crippen LogP contribution is -2.33. The van der Waals surface area contributed by atoms with Crippen LogP contribution in [0.15, 0.2) is 42.7 Å². The van der Waals surface area contributed by atoms with Gasteiger partial charge in [-0.2, -0.15) is 0 Å². The van der Waals surface area contributed by atoms with Gasteiger partial charge in [0.1, 0.15) is 0 Å². The van der Waals surface area contributed by atoms with Crippen LogP contribution in [0.25, 0.3) is 0 Å². The summed E-state index contributed by atoms with van der Waals surface area (Å²) < 4.78 is 2.09. The standard InChI is InChI=1S/C20H25N3O2/c1-15-6-7-18(12-16(15)2)23-14-17(13-19(23)24)20(25)21-8-5-11-22-9-3-4-10-22/h3-4,6-7,9-10,12,17H,5,8,11,13-14H2,1-2H3,(H,21,25). The van der Waals surface area contributed by atoms with Crippen molar-refractivity contribution in [3.05, 3.63) is 53.9 Å². The molecule has 2 amide bonds. The van der Waals surface area contributed by atoms with Crippen LogP contribution in [0.1, 0.15) is 24.0 Å². The van der Waals surface area contributed by atoms with Crippen molar-refractivity contribution in [2.24, 2.45) is 5.92 Å². The minimum Gasteiger partial charge on any atom is -0.356 e. The third-order valence-electron chi connectivity index (χ3n) is 4.86. The van der Waals surface area contributed by atoms with Crippen LogP contribution in [0, 0.1) is 19.8 Å². The lowest BCUT2D eigenvalue weighted by molar-refractivity contribution is -0.126. The third kappa shape index (κ3) is 4.10. The number of rotatable bonds is 6. The number of nitrogens with one attached hydrogen (secondary N) is 1. The predicted molar refractivity (Wildman–Crippen MR) is 98.4 cm³/mol. The zero-order valence-electron chi connectivity index (χ0n) is 14.9. The van der Waals surface area contributed by atoms with E-state index < -0.39 is 0 Å². The van der Waals surface area contributed by atoms with E-state index >= 15 is 0 Å². The second-order valence-corrected chi connectivity index (χ2v) is 6.74. The van der Waals surface area contributed by atoms with E-state index in [4.69, 9.17) is 0 Å². The van der Waals surface area contributed by atoms with Crippen molar-refractivity contribution >= 4 is 17.5 Å². The Kier molecular flexibility index (Phi) is 5.22. The molecule has 0 spiro atoms. The molecule has 5 heteroatoms. The molecule has 1 atom stereocenters. The lowest BCUT2D eigenvalue weighted by atomic mass is 10.1. The normalized spacial score (nSPS) is 17.1. The second kappa shape index (κ2) is 7.55. The number of anilines is 1. The second-order valence-electron chi connectivity index (χ2n) is 6.74. The van der Waals surface area contributed by atoms with Gasteiger partial charge in [-0.1, -0.05) is 6.07 Å². The van der Waals surface area contributed by atoms with Gasteiger partial charge in [0.25, 0.3) is 0 Å². The van der Waals surface area contributed by atoms with Crippen LogP contribution in [0.5, 0.6) is 0 Å². The fourth-order valence-corrected chi connectivity index (χ4v) is 3.16. The summed E-state index contributed by atoms with van der Waals surface area (Å²) in [5, 5.41) is 2.97. The Morgan fingerprint density at radius 2 is 1.96 bits per heavy atom. The predicted octanol–water partition coefficient (Wildman–Crippen LogP) is 2.66. The summed E-state index contributed by atoms with van der Waals surface area (Å²) in [6.07, 6.45) is 5.19. The topological polar surface area (TPSA) is 54.3 Å². The van der Waals surface area contributed by atoms with Gasteiger partial charge in [-0.15, -0.1) is 0 Å². The fourth-order valence-electron chi connectivity index (χ4n) is 3.16. The summed E-state index contributed by atoms with van der Waals surface area (Å²) in [4.78, 5) is 26.4. The van der Waals surface area contributed by atoms with Crippen LogP contribution in [0.3, 0.4) is 0 Å². The zero-order chi connectivity index (χ0) is 17.8. The summed E-state index contributed by atoms with van der Waals surface area (Å²) in [7, 11) is 0. The average Bonchev–Trinajstić information content (AvgIpc) is 3.23. The van der Waals surface area contributed by atoms with Gasteiger partial charge < -0.3 is 14.8 Å².